The van der Waals surface area contributed by atoms with Crippen LogP contribution < -0.4 is 11.1 Å². The summed E-state index contributed by atoms with van der Waals surface area (Å²) in [4.78, 5) is 4.27. The highest BCUT2D eigenvalue weighted by atomic mass is 15.0. The highest BCUT2D eigenvalue weighted by Gasteiger charge is 2.01. The second-order valence-corrected chi connectivity index (χ2v) is 2.96. The number of hydrogen-bond donors (Lipinski definition) is 2. The van der Waals surface area contributed by atoms with Crippen LogP contribution in [-0.4, -0.2) is 16.4 Å². The Labute approximate surface area is 76.4 Å². The molecule has 2 heterocycles. The quantitative estimate of drug-likeness (QED) is 0.706. The van der Waals surface area contributed by atoms with Crippen LogP contribution in [0, 0.1) is 0 Å². The average molecular weight is 176 g/mol. The van der Waals surface area contributed by atoms with Crippen molar-refractivity contribution in [1.29, 1.82) is 0 Å². The maximum absolute atomic E-state index is 5.65. The van der Waals surface area contributed by atoms with Gasteiger partial charge < -0.3 is 15.5 Å². The molecule has 2 rings (SSSR count). The number of aromatic nitrogens is 2. The van der Waals surface area contributed by atoms with Gasteiger partial charge >= 0.3 is 0 Å². The zero-order valence-electron chi connectivity index (χ0n) is 7.49. The second kappa shape index (κ2) is 3.06. The van der Waals surface area contributed by atoms with Gasteiger partial charge in [-0.1, -0.05) is 0 Å². The van der Waals surface area contributed by atoms with E-state index in [4.69, 9.17) is 5.73 Å². The van der Waals surface area contributed by atoms with Crippen LogP contribution in [0.25, 0.3) is 5.52 Å². The largest absolute Gasteiger partial charge is 0.399 e. The van der Waals surface area contributed by atoms with Crippen LogP contribution in [-0.2, 0) is 6.54 Å². The Bertz CT molecular complexity index is 418. The van der Waals surface area contributed by atoms with Crippen molar-refractivity contribution < 1.29 is 0 Å². The van der Waals surface area contributed by atoms with Crippen LogP contribution >= 0.6 is 0 Å². The molecule has 13 heavy (non-hydrogen) atoms. The molecule has 0 atom stereocenters. The lowest BCUT2D eigenvalue weighted by atomic mass is 10.4. The molecule has 0 aliphatic rings. The van der Waals surface area contributed by atoms with Gasteiger partial charge in [-0.05, 0) is 19.2 Å². The summed E-state index contributed by atoms with van der Waals surface area (Å²) in [6.45, 7) is 0.762. The number of rotatable bonds is 2. The molecule has 0 spiro atoms. The number of nitrogens with two attached hydrogens (primary N) is 1. The highest BCUT2D eigenvalue weighted by Crippen LogP contribution is 2.10. The Balaban J connectivity index is 2.55. The summed E-state index contributed by atoms with van der Waals surface area (Å²) >= 11 is 0. The monoisotopic (exact) mass is 176 g/mol. The third kappa shape index (κ3) is 1.36. The van der Waals surface area contributed by atoms with Gasteiger partial charge in [-0.25, -0.2) is 4.98 Å². The van der Waals surface area contributed by atoms with Crippen LogP contribution in [0.2, 0.25) is 0 Å². The van der Waals surface area contributed by atoms with Crippen LogP contribution in [0.3, 0.4) is 0 Å². The van der Waals surface area contributed by atoms with Gasteiger partial charge in [0.15, 0.2) is 0 Å². The fraction of sp³-hybridized carbons (Fsp3) is 0.222. The Morgan fingerprint density at radius 1 is 1.62 bits per heavy atom. The predicted octanol–water partition coefficient (Wildman–Crippen LogP) is 0.636. The molecule has 0 aromatic carbocycles. The smallest absolute Gasteiger partial charge is 0.127 e. The lowest BCUT2D eigenvalue weighted by Gasteiger charge is -2.00. The first-order valence-corrected chi connectivity index (χ1v) is 4.17. The van der Waals surface area contributed by atoms with Crippen molar-refractivity contribution >= 4 is 11.2 Å². The summed E-state index contributed by atoms with van der Waals surface area (Å²) in [5, 5.41) is 3.06. The lowest BCUT2D eigenvalue weighted by Crippen LogP contribution is -2.08. The molecule has 0 aliphatic heterocycles. The fourth-order valence-electron chi connectivity index (χ4n) is 1.36. The number of pyridine rings is 1. The van der Waals surface area contributed by atoms with Gasteiger partial charge in [0.25, 0.3) is 0 Å². The minimum Gasteiger partial charge on any atom is -0.399 e. The predicted molar refractivity (Wildman–Crippen MR) is 52.4 cm³/mol. The Kier molecular flexibility index (Phi) is 1.90. The van der Waals surface area contributed by atoms with Crippen LogP contribution in [0.1, 0.15) is 5.82 Å². The third-order valence-corrected chi connectivity index (χ3v) is 1.97. The van der Waals surface area contributed by atoms with Crippen molar-refractivity contribution in [3.63, 3.8) is 0 Å². The maximum atomic E-state index is 5.65. The van der Waals surface area contributed by atoms with Gasteiger partial charge in [-0.15, -0.1) is 0 Å². The minimum atomic E-state index is 0.762. The van der Waals surface area contributed by atoms with Crippen molar-refractivity contribution in [2.24, 2.45) is 0 Å². The van der Waals surface area contributed by atoms with Crippen molar-refractivity contribution in [2.75, 3.05) is 12.8 Å². The van der Waals surface area contributed by atoms with E-state index in [1.165, 1.54) is 0 Å². The summed E-state index contributed by atoms with van der Waals surface area (Å²) in [5.41, 5.74) is 7.45. The molecule has 2 aromatic rings. The van der Waals surface area contributed by atoms with E-state index in [1.54, 1.807) is 0 Å². The van der Waals surface area contributed by atoms with Crippen molar-refractivity contribution in [3.8, 4) is 0 Å². The molecule has 0 amide bonds. The van der Waals surface area contributed by atoms with E-state index in [2.05, 4.69) is 10.3 Å². The van der Waals surface area contributed by atoms with Gasteiger partial charge in [0.05, 0.1) is 18.3 Å². The first-order chi connectivity index (χ1) is 6.31. The standard InChI is InChI=1S/C9H12N4/c1-11-6-9-12-5-8-4-7(10)2-3-13(8)9/h2-5,11H,6,10H2,1H3. The molecular weight excluding hydrogens is 164 g/mol. The van der Waals surface area contributed by atoms with Crippen molar-refractivity contribution in [3.05, 3.63) is 30.4 Å². The molecule has 0 radical (unpaired) electrons. The molecule has 68 valence electrons. The number of nitrogens with one attached hydrogen (secondary N) is 1. The summed E-state index contributed by atoms with van der Waals surface area (Å²) in [6.07, 6.45) is 3.76. The summed E-state index contributed by atoms with van der Waals surface area (Å²) < 4.78 is 2.02. The number of imidazole rings is 1. The van der Waals surface area contributed by atoms with E-state index >= 15 is 0 Å². The molecule has 4 heteroatoms. The molecule has 2 aromatic heterocycles. The topological polar surface area (TPSA) is 55.3 Å². The van der Waals surface area contributed by atoms with E-state index < -0.39 is 0 Å². The van der Waals surface area contributed by atoms with Gasteiger partial charge in [0.1, 0.15) is 5.82 Å². The molecule has 3 N–H and O–H groups in total. The second-order valence-electron chi connectivity index (χ2n) is 2.96. The summed E-state index contributed by atoms with van der Waals surface area (Å²) in [6, 6.07) is 3.78. The maximum Gasteiger partial charge on any atom is 0.127 e. The van der Waals surface area contributed by atoms with Crippen LogP contribution in [0.5, 0.6) is 0 Å². The van der Waals surface area contributed by atoms with E-state index in [0.717, 1.165) is 23.6 Å². The first kappa shape index (κ1) is 8.07. The highest BCUT2D eigenvalue weighted by molar-refractivity contribution is 5.55. The zero-order valence-corrected chi connectivity index (χ0v) is 7.49. The normalized spacial score (nSPS) is 10.8. The van der Waals surface area contributed by atoms with E-state index in [0.29, 0.717) is 0 Å². The van der Waals surface area contributed by atoms with Crippen molar-refractivity contribution in [2.45, 2.75) is 6.54 Å². The van der Waals surface area contributed by atoms with E-state index in [1.807, 2.05) is 36.0 Å². The SMILES string of the molecule is CNCc1ncc2cc(N)ccn12. The molecule has 0 aliphatic carbocycles. The van der Waals surface area contributed by atoms with Crippen LogP contribution in [0.4, 0.5) is 5.69 Å². The molecular formula is C9H12N4. The van der Waals surface area contributed by atoms with Crippen molar-refractivity contribution in [1.82, 2.24) is 14.7 Å². The summed E-state index contributed by atoms with van der Waals surface area (Å²) in [7, 11) is 1.90. The number of nitrogens with zero attached hydrogens (tertiary/aromatic N) is 2. The van der Waals surface area contributed by atoms with Gasteiger partial charge in [-0.2, -0.15) is 0 Å². The van der Waals surface area contributed by atoms with Crippen LogP contribution in [0.15, 0.2) is 24.5 Å². The van der Waals surface area contributed by atoms with Gasteiger partial charge in [0.2, 0.25) is 0 Å². The average Bonchev–Trinajstić information content (AvgIpc) is 2.49. The molecule has 0 bridgehead atoms. The fourth-order valence-corrected chi connectivity index (χ4v) is 1.36. The molecule has 4 nitrogen and oxygen atoms in total. The number of nitrogen functional groups attached to an aromatic ring is 1. The zero-order chi connectivity index (χ0) is 9.26. The molecule has 0 fully saturated rings. The van der Waals surface area contributed by atoms with E-state index in [9.17, 15) is 0 Å². The number of fused-ring (bicyclic) bond motifs is 1. The lowest BCUT2D eigenvalue weighted by molar-refractivity contribution is 0.755. The van der Waals surface area contributed by atoms with Gasteiger partial charge in [-0.3, -0.25) is 0 Å². The Morgan fingerprint density at radius 2 is 2.46 bits per heavy atom. The Hall–Kier alpha value is -1.55. The Morgan fingerprint density at radius 3 is 3.23 bits per heavy atom. The third-order valence-electron chi connectivity index (χ3n) is 1.97. The summed E-state index contributed by atoms with van der Waals surface area (Å²) in [5.74, 6) is 0.998. The number of anilines is 1. The molecule has 0 saturated carbocycles. The molecule has 0 saturated heterocycles. The number of hydrogen-bond acceptors (Lipinski definition) is 3. The molecule has 0 unspecified atom stereocenters. The van der Waals surface area contributed by atoms with Gasteiger partial charge in [0, 0.05) is 11.9 Å². The minimum absolute atomic E-state index is 0.762. The van der Waals surface area contributed by atoms with E-state index in [-0.39, 0.29) is 0 Å². The first-order valence-electron chi connectivity index (χ1n) is 4.17.